The van der Waals surface area contributed by atoms with E-state index in [0.717, 1.165) is 12.8 Å². The van der Waals surface area contributed by atoms with Crippen molar-refractivity contribution in [2.45, 2.75) is 51.7 Å². The number of rotatable bonds is 5. The number of esters is 1. The zero-order chi connectivity index (χ0) is 14.5. The van der Waals surface area contributed by atoms with Crippen LogP contribution in [0.4, 0.5) is 0 Å². The standard InChI is InChI=1S/C14H24O5/c1-14(2,3)19-12(16)9-11(15)13(17-4)10-5-7-18-8-6-10/h10,13H,5-9H2,1-4H3/t13-/m0/s1. The first-order valence-corrected chi connectivity index (χ1v) is 6.68. The SMILES string of the molecule is CO[C@H](C(=O)CC(=O)OC(C)(C)C)C1CCOCC1. The molecule has 19 heavy (non-hydrogen) atoms. The van der Waals surface area contributed by atoms with Crippen molar-refractivity contribution in [1.82, 2.24) is 0 Å². The van der Waals surface area contributed by atoms with Crippen LogP contribution in [0, 0.1) is 5.92 Å². The topological polar surface area (TPSA) is 61.8 Å². The van der Waals surface area contributed by atoms with Crippen molar-refractivity contribution in [2.24, 2.45) is 5.92 Å². The molecular weight excluding hydrogens is 248 g/mol. The minimum absolute atomic E-state index is 0.133. The Morgan fingerprint density at radius 2 is 1.84 bits per heavy atom. The van der Waals surface area contributed by atoms with Crippen molar-refractivity contribution in [3.8, 4) is 0 Å². The Morgan fingerprint density at radius 1 is 1.26 bits per heavy atom. The van der Waals surface area contributed by atoms with Crippen molar-refractivity contribution in [3.05, 3.63) is 0 Å². The largest absolute Gasteiger partial charge is 0.460 e. The van der Waals surface area contributed by atoms with Gasteiger partial charge in [0.05, 0.1) is 0 Å². The van der Waals surface area contributed by atoms with Gasteiger partial charge in [0, 0.05) is 20.3 Å². The summed E-state index contributed by atoms with van der Waals surface area (Å²) in [4.78, 5) is 23.8. The van der Waals surface area contributed by atoms with E-state index in [-0.39, 0.29) is 18.1 Å². The number of ether oxygens (including phenoxy) is 3. The van der Waals surface area contributed by atoms with E-state index in [1.807, 2.05) is 0 Å². The molecule has 0 unspecified atom stereocenters. The number of hydrogen-bond donors (Lipinski definition) is 0. The molecule has 1 rings (SSSR count). The molecule has 110 valence electrons. The second-order valence-electron chi connectivity index (χ2n) is 5.84. The molecule has 1 fully saturated rings. The van der Waals surface area contributed by atoms with Gasteiger partial charge < -0.3 is 14.2 Å². The summed E-state index contributed by atoms with van der Waals surface area (Å²) < 4.78 is 15.7. The lowest BCUT2D eigenvalue weighted by atomic mass is 9.90. The van der Waals surface area contributed by atoms with Crippen molar-refractivity contribution < 1.29 is 23.8 Å². The molecule has 1 atom stereocenters. The van der Waals surface area contributed by atoms with Crippen LogP contribution in [-0.2, 0) is 23.8 Å². The van der Waals surface area contributed by atoms with Crippen LogP contribution in [0.5, 0.6) is 0 Å². The Hall–Kier alpha value is -0.940. The van der Waals surface area contributed by atoms with Crippen LogP contribution >= 0.6 is 0 Å². The summed E-state index contributed by atoms with van der Waals surface area (Å²) in [5, 5.41) is 0. The summed E-state index contributed by atoms with van der Waals surface area (Å²) in [5.74, 6) is -0.566. The minimum Gasteiger partial charge on any atom is -0.460 e. The van der Waals surface area contributed by atoms with E-state index in [9.17, 15) is 9.59 Å². The monoisotopic (exact) mass is 272 g/mol. The Bertz CT molecular complexity index is 312. The number of hydrogen-bond acceptors (Lipinski definition) is 5. The predicted octanol–water partition coefficient (Wildman–Crippen LogP) is 1.73. The summed E-state index contributed by atoms with van der Waals surface area (Å²) in [7, 11) is 1.51. The maximum atomic E-state index is 12.1. The van der Waals surface area contributed by atoms with Crippen LogP contribution < -0.4 is 0 Å². The van der Waals surface area contributed by atoms with E-state index in [2.05, 4.69) is 0 Å². The lowest BCUT2D eigenvalue weighted by molar-refractivity contribution is -0.158. The average Bonchev–Trinajstić information content (AvgIpc) is 2.28. The summed E-state index contributed by atoms with van der Waals surface area (Å²) in [6.45, 7) is 6.62. The second-order valence-corrected chi connectivity index (χ2v) is 5.84. The third-order valence-corrected chi connectivity index (χ3v) is 3.00. The normalized spacial score (nSPS) is 18.9. The Labute approximate surface area is 114 Å². The van der Waals surface area contributed by atoms with Crippen LogP contribution in [0.2, 0.25) is 0 Å². The molecule has 0 aromatic heterocycles. The smallest absolute Gasteiger partial charge is 0.313 e. The first kappa shape index (κ1) is 16.1. The maximum absolute atomic E-state index is 12.1. The first-order chi connectivity index (χ1) is 8.83. The molecule has 0 amide bonds. The van der Waals surface area contributed by atoms with E-state index in [1.165, 1.54) is 7.11 Å². The molecule has 1 aliphatic rings. The van der Waals surface area contributed by atoms with Gasteiger partial charge in [0.1, 0.15) is 18.1 Å². The molecule has 0 aromatic rings. The van der Waals surface area contributed by atoms with Gasteiger partial charge in [-0.2, -0.15) is 0 Å². The van der Waals surface area contributed by atoms with Crippen LogP contribution in [0.3, 0.4) is 0 Å². The van der Waals surface area contributed by atoms with Gasteiger partial charge in [0.25, 0.3) is 0 Å². The van der Waals surface area contributed by atoms with Crippen LogP contribution in [0.25, 0.3) is 0 Å². The van der Waals surface area contributed by atoms with Gasteiger partial charge in [-0.15, -0.1) is 0 Å². The Balaban J connectivity index is 2.51. The minimum atomic E-state index is -0.571. The van der Waals surface area contributed by atoms with Gasteiger partial charge in [-0.05, 0) is 39.5 Å². The summed E-state index contributed by atoms with van der Waals surface area (Å²) in [6.07, 6.45) is 0.820. The molecule has 1 aliphatic heterocycles. The van der Waals surface area contributed by atoms with Gasteiger partial charge >= 0.3 is 5.97 Å². The number of carbonyl (C=O) groups is 2. The van der Waals surface area contributed by atoms with Crippen molar-refractivity contribution in [2.75, 3.05) is 20.3 Å². The van der Waals surface area contributed by atoms with Gasteiger partial charge in [-0.3, -0.25) is 9.59 Å². The highest BCUT2D eigenvalue weighted by Crippen LogP contribution is 2.22. The molecule has 0 aliphatic carbocycles. The quantitative estimate of drug-likeness (QED) is 0.563. The fourth-order valence-electron chi connectivity index (χ4n) is 2.23. The Kier molecular flexibility index (Phi) is 5.94. The molecule has 0 spiro atoms. The summed E-state index contributed by atoms with van der Waals surface area (Å²) >= 11 is 0. The van der Waals surface area contributed by atoms with E-state index in [1.54, 1.807) is 20.8 Å². The highest BCUT2D eigenvalue weighted by molar-refractivity contribution is 5.98. The number of ketones is 1. The van der Waals surface area contributed by atoms with E-state index >= 15 is 0 Å². The van der Waals surface area contributed by atoms with E-state index < -0.39 is 17.7 Å². The van der Waals surface area contributed by atoms with Crippen LogP contribution in [-0.4, -0.2) is 43.8 Å². The molecule has 5 nitrogen and oxygen atoms in total. The zero-order valence-electron chi connectivity index (χ0n) is 12.2. The molecule has 0 radical (unpaired) electrons. The molecule has 0 saturated carbocycles. The van der Waals surface area contributed by atoms with Gasteiger partial charge in [0.2, 0.25) is 0 Å². The third-order valence-electron chi connectivity index (χ3n) is 3.00. The summed E-state index contributed by atoms with van der Waals surface area (Å²) in [6, 6.07) is 0. The van der Waals surface area contributed by atoms with Crippen LogP contribution in [0.1, 0.15) is 40.0 Å². The third kappa shape index (κ3) is 5.70. The lowest BCUT2D eigenvalue weighted by Crippen LogP contribution is -2.37. The Morgan fingerprint density at radius 3 is 2.32 bits per heavy atom. The highest BCUT2D eigenvalue weighted by atomic mass is 16.6. The predicted molar refractivity (Wildman–Crippen MR) is 69.8 cm³/mol. The number of methoxy groups -OCH3 is 1. The first-order valence-electron chi connectivity index (χ1n) is 6.68. The average molecular weight is 272 g/mol. The fraction of sp³-hybridized carbons (Fsp3) is 0.857. The van der Waals surface area contributed by atoms with Gasteiger partial charge in [-0.1, -0.05) is 0 Å². The number of Topliss-reactive ketones (excluding diaryl/α,β-unsaturated/α-hetero) is 1. The molecule has 0 bridgehead atoms. The summed E-state index contributed by atoms with van der Waals surface area (Å²) in [5.41, 5.74) is -0.571. The second kappa shape index (κ2) is 7.01. The molecule has 1 saturated heterocycles. The number of carbonyl (C=O) groups excluding carboxylic acids is 2. The molecule has 1 heterocycles. The molecule has 5 heteroatoms. The van der Waals surface area contributed by atoms with E-state index in [4.69, 9.17) is 14.2 Å². The molecule has 0 aromatic carbocycles. The van der Waals surface area contributed by atoms with E-state index in [0.29, 0.717) is 13.2 Å². The van der Waals surface area contributed by atoms with Gasteiger partial charge in [0.15, 0.2) is 5.78 Å². The highest BCUT2D eigenvalue weighted by Gasteiger charge is 2.31. The van der Waals surface area contributed by atoms with Crippen molar-refractivity contribution >= 4 is 11.8 Å². The molecular formula is C14H24O5. The fourth-order valence-corrected chi connectivity index (χ4v) is 2.23. The molecule has 0 N–H and O–H groups in total. The van der Waals surface area contributed by atoms with Crippen molar-refractivity contribution in [1.29, 1.82) is 0 Å². The van der Waals surface area contributed by atoms with Gasteiger partial charge in [-0.25, -0.2) is 0 Å². The maximum Gasteiger partial charge on any atom is 0.313 e. The van der Waals surface area contributed by atoms with Crippen molar-refractivity contribution in [3.63, 3.8) is 0 Å². The lowest BCUT2D eigenvalue weighted by Gasteiger charge is -2.28. The van der Waals surface area contributed by atoms with Crippen LogP contribution in [0.15, 0.2) is 0 Å². The zero-order valence-corrected chi connectivity index (χ0v) is 12.2.